The smallest absolute Gasteiger partial charge is 0.422 e. The molecular formula is C27H28F5N2O3-. The van der Waals surface area contributed by atoms with Gasteiger partial charge in [0, 0.05) is 24.2 Å². The van der Waals surface area contributed by atoms with Gasteiger partial charge in [-0.2, -0.15) is 13.2 Å². The lowest BCUT2D eigenvalue weighted by Crippen LogP contribution is -2.62. The van der Waals surface area contributed by atoms with Crippen molar-refractivity contribution in [2.75, 3.05) is 26.2 Å². The summed E-state index contributed by atoms with van der Waals surface area (Å²) in [7, 11) is 0. The van der Waals surface area contributed by atoms with Gasteiger partial charge in [-0.05, 0) is 84.6 Å². The summed E-state index contributed by atoms with van der Waals surface area (Å²) < 4.78 is 72.1. The summed E-state index contributed by atoms with van der Waals surface area (Å²) in [5.74, 6) is -1.73. The third-order valence-corrected chi connectivity index (χ3v) is 7.96. The van der Waals surface area contributed by atoms with E-state index in [1.54, 1.807) is 6.07 Å². The Hall–Kier alpha value is -2.88. The molecule has 3 fully saturated rings. The zero-order chi connectivity index (χ0) is 26.7. The van der Waals surface area contributed by atoms with Crippen LogP contribution < -0.4 is 9.84 Å². The molecule has 3 heterocycles. The molecule has 3 aliphatic heterocycles. The number of benzene rings is 2. The molecular weight excluding hydrogens is 495 g/mol. The van der Waals surface area contributed by atoms with Gasteiger partial charge >= 0.3 is 6.18 Å². The quantitative estimate of drug-likeness (QED) is 0.522. The molecule has 2 atom stereocenters. The Morgan fingerprint density at radius 1 is 1.14 bits per heavy atom. The van der Waals surface area contributed by atoms with E-state index in [0.717, 1.165) is 44.1 Å². The van der Waals surface area contributed by atoms with Crippen molar-refractivity contribution in [2.45, 2.75) is 51.4 Å². The summed E-state index contributed by atoms with van der Waals surface area (Å²) in [6, 6.07) is 4.95. The molecule has 4 aliphatic rings. The highest BCUT2D eigenvalue weighted by Gasteiger charge is 2.48. The largest absolute Gasteiger partial charge is 0.530 e. The molecule has 0 N–H and O–H groups in total. The maximum absolute atomic E-state index is 15.5. The number of carboxylic acid groups (broad SMARTS) is 1. The zero-order valence-electron chi connectivity index (χ0n) is 20.6. The zero-order valence-corrected chi connectivity index (χ0v) is 20.6. The minimum Gasteiger partial charge on any atom is -0.530 e. The number of amides is 1. The van der Waals surface area contributed by atoms with Crippen molar-refractivity contribution < 1.29 is 36.6 Å². The number of rotatable bonds is 5. The topological polar surface area (TPSA) is 55.8 Å². The highest BCUT2D eigenvalue weighted by Crippen LogP contribution is 2.52. The van der Waals surface area contributed by atoms with Crippen LogP contribution in [0, 0.1) is 23.0 Å². The molecule has 1 amide bonds. The van der Waals surface area contributed by atoms with E-state index in [-0.39, 0.29) is 28.8 Å². The van der Waals surface area contributed by atoms with Crippen LogP contribution in [0.25, 0.3) is 11.1 Å². The molecule has 0 spiro atoms. The third kappa shape index (κ3) is 5.00. The first-order chi connectivity index (χ1) is 17.3. The fourth-order valence-corrected chi connectivity index (χ4v) is 6.45. The van der Waals surface area contributed by atoms with Gasteiger partial charge in [0.1, 0.15) is 23.5 Å². The highest BCUT2D eigenvalue weighted by molar-refractivity contribution is 5.70. The maximum Gasteiger partial charge on any atom is 0.422 e. The van der Waals surface area contributed by atoms with Crippen molar-refractivity contribution in [3.63, 3.8) is 0 Å². The predicted molar refractivity (Wildman–Crippen MR) is 124 cm³/mol. The number of halogens is 5. The number of ether oxygens (including phenoxy) is 1. The van der Waals surface area contributed by atoms with E-state index >= 15 is 4.39 Å². The number of fused-ring (bicyclic) bond motifs is 4. The standard InChI is InChI=1S/C27H29F5N2O3/c1-26(2)12-17-9-20(16-7-18(28)10-19(8-16)37-14-27(30,31)32)22(29)11-21(17)24(26)34(25(35)36)23-13-33-5-3-15(23)4-6-33/h7-11,15,23-24H,3-6,12-14H2,1-2H3,(H,35,36)/p-1/t23-,24+/m1/s1. The van der Waals surface area contributed by atoms with E-state index in [4.69, 9.17) is 0 Å². The lowest BCUT2D eigenvalue weighted by molar-refractivity contribution is -0.276. The first kappa shape index (κ1) is 25.8. The number of hydrogen-bond donors (Lipinski definition) is 0. The molecule has 3 saturated heterocycles. The van der Waals surface area contributed by atoms with Crippen molar-refractivity contribution >= 4 is 6.09 Å². The number of hydrogen-bond acceptors (Lipinski definition) is 4. The lowest BCUT2D eigenvalue weighted by atomic mass is 9.79. The summed E-state index contributed by atoms with van der Waals surface area (Å²) in [6.45, 7) is 4.75. The van der Waals surface area contributed by atoms with Gasteiger partial charge in [0.2, 0.25) is 0 Å². The van der Waals surface area contributed by atoms with Crippen LogP contribution in [-0.2, 0) is 6.42 Å². The maximum atomic E-state index is 15.5. The molecule has 5 nitrogen and oxygen atoms in total. The van der Waals surface area contributed by atoms with Crippen molar-refractivity contribution in [1.29, 1.82) is 0 Å². The van der Waals surface area contributed by atoms with Gasteiger partial charge in [-0.1, -0.05) is 13.8 Å². The van der Waals surface area contributed by atoms with Crippen LogP contribution in [0.3, 0.4) is 0 Å². The minimum atomic E-state index is -4.61. The Morgan fingerprint density at radius 2 is 1.84 bits per heavy atom. The third-order valence-electron chi connectivity index (χ3n) is 7.96. The summed E-state index contributed by atoms with van der Waals surface area (Å²) in [5.41, 5.74) is 0.725. The highest BCUT2D eigenvalue weighted by atomic mass is 19.4. The summed E-state index contributed by atoms with van der Waals surface area (Å²) in [5, 5.41) is 12.5. The average Bonchev–Trinajstić information content (AvgIpc) is 3.06. The van der Waals surface area contributed by atoms with Crippen molar-refractivity contribution in [3.05, 3.63) is 53.1 Å². The van der Waals surface area contributed by atoms with Crippen LogP contribution in [0.5, 0.6) is 5.75 Å². The van der Waals surface area contributed by atoms with E-state index in [9.17, 15) is 27.5 Å². The second kappa shape index (κ2) is 9.15. The molecule has 10 heteroatoms. The monoisotopic (exact) mass is 523 g/mol. The van der Waals surface area contributed by atoms with Crippen LogP contribution in [0.2, 0.25) is 0 Å². The van der Waals surface area contributed by atoms with Crippen molar-refractivity contribution in [1.82, 2.24) is 9.80 Å². The number of carbonyl (C=O) groups is 1. The molecule has 6 rings (SSSR count). The van der Waals surface area contributed by atoms with Gasteiger partial charge in [-0.25, -0.2) is 8.78 Å². The van der Waals surface area contributed by atoms with Crippen LogP contribution in [-0.4, -0.2) is 54.4 Å². The van der Waals surface area contributed by atoms with E-state index in [1.165, 1.54) is 11.0 Å². The molecule has 200 valence electrons. The first-order valence-corrected chi connectivity index (χ1v) is 12.4. The molecule has 0 aromatic heterocycles. The Bertz CT molecular complexity index is 1210. The molecule has 1 aliphatic carbocycles. The van der Waals surface area contributed by atoms with Gasteiger partial charge in [0.15, 0.2) is 6.61 Å². The van der Waals surface area contributed by atoms with Crippen LogP contribution in [0.1, 0.15) is 43.9 Å². The summed E-state index contributed by atoms with van der Waals surface area (Å²) in [4.78, 5) is 16.2. The Morgan fingerprint density at radius 3 is 2.43 bits per heavy atom. The predicted octanol–water partition coefficient (Wildman–Crippen LogP) is 4.94. The second-order valence-corrected chi connectivity index (χ2v) is 11.1. The van der Waals surface area contributed by atoms with Gasteiger partial charge in [-0.15, -0.1) is 0 Å². The molecule has 0 saturated carbocycles. The number of nitrogens with zero attached hydrogens (tertiary/aromatic N) is 2. The molecule has 0 radical (unpaired) electrons. The summed E-state index contributed by atoms with van der Waals surface area (Å²) in [6.07, 6.45) is -3.64. The summed E-state index contributed by atoms with van der Waals surface area (Å²) >= 11 is 0. The van der Waals surface area contributed by atoms with Gasteiger partial charge in [0.05, 0.1) is 6.04 Å². The Balaban J connectivity index is 1.51. The second-order valence-electron chi connectivity index (χ2n) is 11.1. The molecule has 2 bridgehead atoms. The normalized spacial score (nSPS) is 26.1. The van der Waals surface area contributed by atoms with E-state index in [2.05, 4.69) is 9.64 Å². The number of alkyl halides is 3. The van der Waals surface area contributed by atoms with E-state index < -0.39 is 42.0 Å². The van der Waals surface area contributed by atoms with Crippen molar-refractivity contribution in [3.8, 4) is 16.9 Å². The SMILES string of the molecule is CC1(C)Cc2cc(-c3cc(F)cc(OCC(F)(F)F)c3)c(F)cc2[C@@H]1N(C(=O)[O-])[C@@H]1CN2CCC1CC2. The first-order valence-electron chi connectivity index (χ1n) is 12.4. The van der Waals surface area contributed by atoms with Crippen LogP contribution in [0.15, 0.2) is 30.3 Å². The Labute approximate surface area is 211 Å². The minimum absolute atomic E-state index is 0.00870. The fourth-order valence-electron chi connectivity index (χ4n) is 6.45. The molecule has 2 aromatic carbocycles. The Kier molecular flexibility index (Phi) is 6.37. The number of piperidine rings is 3. The van der Waals surface area contributed by atoms with Crippen LogP contribution in [0.4, 0.5) is 26.7 Å². The molecule has 0 unspecified atom stereocenters. The van der Waals surface area contributed by atoms with Crippen LogP contribution >= 0.6 is 0 Å². The lowest BCUT2D eigenvalue weighted by Gasteiger charge is -2.53. The van der Waals surface area contributed by atoms with Gasteiger partial charge in [0.25, 0.3) is 0 Å². The van der Waals surface area contributed by atoms with Crippen molar-refractivity contribution in [2.24, 2.45) is 11.3 Å². The van der Waals surface area contributed by atoms with E-state index in [0.29, 0.717) is 24.1 Å². The average molecular weight is 524 g/mol. The molecule has 37 heavy (non-hydrogen) atoms. The van der Waals surface area contributed by atoms with Gasteiger partial charge in [-0.3, -0.25) is 0 Å². The fraction of sp³-hybridized carbons (Fsp3) is 0.519. The van der Waals surface area contributed by atoms with E-state index in [1.807, 2.05) is 13.8 Å². The molecule has 2 aromatic rings. The van der Waals surface area contributed by atoms with Gasteiger partial charge < -0.3 is 24.4 Å². The number of carbonyl (C=O) groups excluding carboxylic acids is 1.